The van der Waals surface area contributed by atoms with Crippen molar-refractivity contribution >= 4 is 44.1 Å². The normalized spacial score (nSPS) is 20.5. The highest BCUT2D eigenvalue weighted by Crippen LogP contribution is 2.45. The molecule has 3 aromatic carbocycles. The Morgan fingerprint density at radius 1 is 1.08 bits per heavy atom. The molecule has 2 unspecified atom stereocenters. The Bertz CT molecular complexity index is 1640. The molecule has 1 fully saturated rings. The van der Waals surface area contributed by atoms with E-state index in [1.165, 1.54) is 28.4 Å². The molecule has 1 saturated heterocycles. The molecule has 3 heterocycles. The van der Waals surface area contributed by atoms with Gasteiger partial charge in [0.05, 0.1) is 21.8 Å². The number of fused-ring (bicyclic) bond motifs is 2. The van der Waals surface area contributed by atoms with Crippen LogP contribution in [0.3, 0.4) is 0 Å². The van der Waals surface area contributed by atoms with Crippen LogP contribution in [-0.4, -0.2) is 33.0 Å². The van der Waals surface area contributed by atoms with Gasteiger partial charge in [0.25, 0.3) is 5.78 Å². The molecule has 7 nitrogen and oxygen atoms in total. The van der Waals surface area contributed by atoms with Crippen molar-refractivity contribution in [1.29, 1.82) is 0 Å². The second-order valence-corrected chi connectivity index (χ2v) is 10.6. The van der Waals surface area contributed by atoms with Gasteiger partial charge in [0, 0.05) is 12.0 Å². The van der Waals surface area contributed by atoms with Gasteiger partial charge in [0.1, 0.15) is 23.4 Å². The second-order valence-electron chi connectivity index (χ2n) is 9.64. The van der Waals surface area contributed by atoms with Crippen LogP contribution < -0.4 is 9.64 Å². The highest BCUT2D eigenvalue weighted by atomic mass is 32.1. The van der Waals surface area contributed by atoms with Gasteiger partial charge in [-0.2, -0.15) is 0 Å². The molecule has 6 rings (SSSR count). The fourth-order valence-electron chi connectivity index (χ4n) is 5.19. The standard InChI is InChI=1S/C29H24N2O5S/c1-14-10-15(2)24-22(11-14)37-29(30-24)31-25(17-4-7-20(32)8-5-17)23(27(34)28(31)35)26(33)18-6-9-21-19(13-18)12-16(3)36-21/h4-11,13,16,25,32-33H,12H2,1-3H3/b26-23+. The molecule has 2 atom stereocenters. The Labute approximate surface area is 217 Å². The summed E-state index contributed by atoms with van der Waals surface area (Å²) in [7, 11) is 0. The van der Waals surface area contributed by atoms with Gasteiger partial charge in [-0.05, 0) is 79.4 Å². The lowest BCUT2D eigenvalue weighted by Gasteiger charge is -2.23. The van der Waals surface area contributed by atoms with Crippen LogP contribution in [0.1, 0.15) is 40.8 Å². The zero-order chi connectivity index (χ0) is 26.0. The van der Waals surface area contributed by atoms with Gasteiger partial charge < -0.3 is 14.9 Å². The summed E-state index contributed by atoms with van der Waals surface area (Å²) < 4.78 is 6.68. The van der Waals surface area contributed by atoms with Crippen molar-refractivity contribution in [2.45, 2.75) is 39.3 Å². The van der Waals surface area contributed by atoms with Crippen molar-refractivity contribution in [1.82, 2.24) is 4.98 Å². The van der Waals surface area contributed by atoms with E-state index in [-0.39, 0.29) is 23.2 Å². The maximum absolute atomic E-state index is 13.5. The van der Waals surface area contributed by atoms with Crippen LogP contribution in [-0.2, 0) is 16.0 Å². The highest BCUT2D eigenvalue weighted by Gasteiger charge is 2.48. The quantitative estimate of drug-likeness (QED) is 0.212. The molecule has 0 aliphatic carbocycles. The molecular formula is C29H24N2O5S. The molecule has 2 N–H and O–H groups in total. The van der Waals surface area contributed by atoms with Crippen LogP contribution in [0, 0.1) is 13.8 Å². The van der Waals surface area contributed by atoms with Crippen molar-refractivity contribution in [2.24, 2.45) is 0 Å². The number of rotatable bonds is 3. The van der Waals surface area contributed by atoms with Gasteiger partial charge in [-0.3, -0.25) is 14.5 Å². The molecule has 4 aromatic rings. The number of aryl methyl sites for hydroxylation is 2. The minimum atomic E-state index is -0.911. The van der Waals surface area contributed by atoms with Crippen LogP contribution in [0.2, 0.25) is 0 Å². The minimum absolute atomic E-state index is 0.0187. The molecule has 2 aliphatic rings. The van der Waals surface area contributed by atoms with Crippen LogP contribution in [0.15, 0.2) is 60.2 Å². The monoisotopic (exact) mass is 512 g/mol. The topological polar surface area (TPSA) is 100.0 Å². The summed E-state index contributed by atoms with van der Waals surface area (Å²) in [5.41, 5.74) is 4.75. The van der Waals surface area contributed by atoms with E-state index in [0.717, 1.165) is 32.7 Å². The Morgan fingerprint density at radius 2 is 1.84 bits per heavy atom. The SMILES string of the molecule is Cc1cc(C)c2nc(N3C(=O)C(=O)/C(=C(/O)c4ccc5c(c4)CC(C)O5)C3c3ccc(O)cc3)sc2c1. The molecule has 2 aliphatic heterocycles. The summed E-state index contributed by atoms with van der Waals surface area (Å²) in [6, 6.07) is 14.7. The lowest BCUT2D eigenvalue weighted by Crippen LogP contribution is -2.29. The van der Waals surface area contributed by atoms with Crippen molar-refractivity contribution in [3.05, 3.63) is 88.0 Å². The van der Waals surface area contributed by atoms with Crippen molar-refractivity contribution in [3.8, 4) is 11.5 Å². The predicted molar refractivity (Wildman–Crippen MR) is 142 cm³/mol. The number of benzene rings is 3. The van der Waals surface area contributed by atoms with E-state index in [2.05, 4.69) is 0 Å². The first-order chi connectivity index (χ1) is 17.7. The number of phenols is 1. The lowest BCUT2D eigenvalue weighted by molar-refractivity contribution is -0.132. The van der Waals surface area contributed by atoms with Crippen molar-refractivity contribution in [3.63, 3.8) is 0 Å². The van der Waals surface area contributed by atoms with E-state index in [1.54, 1.807) is 30.3 Å². The number of aromatic hydroxyl groups is 1. The number of thiazole rings is 1. The number of hydrogen-bond acceptors (Lipinski definition) is 7. The number of Topliss-reactive ketones (excluding diaryl/α,β-unsaturated/α-hetero) is 1. The van der Waals surface area contributed by atoms with Crippen LogP contribution in [0.4, 0.5) is 5.13 Å². The third-order valence-electron chi connectivity index (χ3n) is 6.85. The first-order valence-electron chi connectivity index (χ1n) is 12.0. The summed E-state index contributed by atoms with van der Waals surface area (Å²) >= 11 is 1.33. The molecule has 1 aromatic heterocycles. The number of carbonyl (C=O) groups excluding carboxylic acids is 2. The van der Waals surface area contributed by atoms with Crippen molar-refractivity contribution < 1.29 is 24.5 Å². The van der Waals surface area contributed by atoms with E-state index < -0.39 is 17.7 Å². The number of ketones is 1. The predicted octanol–water partition coefficient (Wildman–Crippen LogP) is 5.57. The number of phenolic OH excluding ortho intramolecular Hbond substituents is 1. The fourth-order valence-corrected chi connectivity index (χ4v) is 6.36. The largest absolute Gasteiger partial charge is 0.508 e. The maximum atomic E-state index is 13.5. The average Bonchev–Trinajstić information content (AvgIpc) is 3.52. The van der Waals surface area contributed by atoms with E-state index in [4.69, 9.17) is 9.72 Å². The Kier molecular flexibility index (Phi) is 5.31. The third kappa shape index (κ3) is 3.76. The smallest absolute Gasteiger partial charge is 0.301 e. The average molecular weight is 513 g/mol. The number of aromatic nitrogens is 1. The molecule has 1 amide bonds. The summed E-state index contributed by atoms with van der Waals surface area (Å²) in [6.07, 6.45) is 0.720. The lowest BCUT2D eigenvalue weighted by atomic mass is 9.94. The van der Waals surface area contributed by atoms with Gasteiger partial charge in [0.2, 0.25) is 0 Å². The van der Waals surface area contributed by atoms with Gasteiger partial charge in [-0.1, -0.05) is 29.5 Å². The van der Waals surface area contributed by atoms with Gasteiger partial charge in [0.15, 0.2) is 5.13 Å². The number of aliphatic hydroxyl groups excluding tert-OH is 1. The van der Waals surface area contributed by atoms with Crippen LogP contribution in [0.25, 0.3) is 16.0 Å². The zero-order valence-electron chi connectivity index (χ0n) is 20.5. The zero-order valence-corrected chi connectivity index (χ0v) is 21.3. The number of nitrogens with zero attached hydrogens (tertiary/aromatic N) is 2. The first-order valence-corrected chi connectivity index (χ1v) is 12.8. The summed E-state index contributed by atoms with van der Waals surface area (Å²) in [4.78, 5) is 33.1. The third-order valence-corrected chi connectivity index (χ3v) is 7.85. The number of hydrogen-bond donors (Lipinski definition) is 2. The van der Waals surface area contributed by atoms with Crippen LogP contribution >= 0.6 is 11.3 Å². The minimum Gasteiger partial charge on any atom is -0.508 e. The molecule has 0 saturated carbocycles. The maximum Gasteiger partial charge on any atom is 0.301 e. The molecule has 186 valence electrons. The van der Waals surface area contributed by atoms with Gasteiger partial charge in [-0.15, -0.1) is 0 Å². The molecule has 0 bridgehead atoms. The molecule has 0 spiro atoms. The fraction of sp³-hybridized carbons (Fsp3) is 0.207. The number of ether oxygens (including phenoxy) is 1. The van der Waals surface area contributed by atoms with Crippen molar-refractivity contribution in [2.75, 3.05) is 4.90 Å². The van der Waals surface area contributed by atoms with Gasteiger partial charge in [-0.25, -0.2) is 4.98 Å². The van der Waals surface area contributed by atoms with E-state index in [9.17, 15) is 19.8 Å². The van der Waals surface area contributed by atoms with E-state index in [0.29, 0.717) is 22.7 Å². The molecule has 37 heavy (non-hydrogen) atoms. The summed E-state index contributed by atoms with van der Waals surface area (Å²) in [6.45, 7) is 5.93. The number of aliphatic hydroxyl groups is 1. The Hall–Kier alpha value is -4.17. The summed E-state index contributed by atoms with van der Waals surface area (Å²) in [5.74, 6) is -0.993. The van der Waals surface area contributed by atoms with Crippen LogP contribution in [0.5, 0.6) is 11.5 Å². The number of amides is 1. The highest BCUT2D eigenvalue weighted by molar-refractivity contribution is 7.22. The Balaban J connectivity index is 1.54. The summed E-state index contributed by atoms with van der Waals surface area (Å²) in [5, 5.41) is 21.7. The van der Waals surface area contributed by atoms with E-state index in [1.807, 2.05) is 32.9 Å². The van der Waals surface area contributed by atoms with Gasteiger partial charge >= 0.3 is 5.91 Å². The molecule has 8 heteroatoms. The Morgan fingerprint density at radius 3 is 2.59 bits per heavy atom. The molecular weight excluding hydrogens is 488 g/mol. The second kappa shape index (κ2) is 8.45. The molecule has 0 radical (unpaired) electrons. The van der Waals surface area contributed by atoms with E-state index >= 15 is 0 Å². The number of carbonyl (C=O) groups is 2. The first kappa shape index (κ1) is 23.2. The number of anilines is 1.